The highest BCUT2D eigenvalue weighted by atomic mass is 79.9. The summed E-state index contributed by atoms with van der Waals surface area (Å²) in [5.41, 5.74) is 4.78. The number of alkyl halides is 3. The fourth-order valence-corrected chi connectivity index (χ4v) is 1.81. The second-order valence-corrected chi connectivity index (χ2v) is 4.39. The van der Waals surface area contributed by atoms with Crippen LogP contribution >= 0.6 is 28.3 Å². The quantitative estimate of drug-likeness (QED) is 0.880. The summed E-state index contributed by atoms with van der Waals surface area (Å²) in [6.45, 7) is 0. The van der Waals surface area contributed by atoms with Crippen LogP contribution < -0.4 is 5.73 Å². The topological polar surface area (TPSA) is 63.3 Å². The molecule has 18 heavy (non-hydrogen) atoms. The van der Waals surface area contributed by atoms with E-state index in [2.05, 4.69) is 15.9 Å². The fraction of sp³-hybridized carbons (Fsp3) is 0.300. The highest BCUT2D eigenvalue weighted by molar-refractivity contribution is 9.10. The predicted molar refractivity (Wildman–Crippen MR) is 65.6 cm³/mol. The zero-order valence-corrected chi connectivity index (χ0v) is 11.3. The molecule has 102 valence electrons. The molecule has 1 atom stereocenters. The summed E-state index contributed by atoms with van der Waals surface area (Å²) < 4.78 is 37.7. The molecular formula is C10H10BrClF3NO2. The molecule has 1 rings (SSSR count). The second-order valence-electron chi connectivity index (χ2n) is 3.48. The van der Waals surface area contributed by atoms with E-state index in [9.17, 15) is 18.0 Å². The smallest absolute Gasteiger partial charge is 0.416 e. The van der Waals surface area contributed by atoms with Gasteiger partial charge in [0.1, 0.15) is 0 Å². The van der Waals surface area contributed by atoms with Crippen LogP contribution in [0, 0.1) is 0 Å². The van der Waals surface area contributed by atoms with Crippen molar-refractivity contribution in [3.63, 3.8) is 0 Å². The third-order valence-electron chi connectivity index (χ3n) is 2.07. The molecule has 3 N–H and O–H groups in total. The maximum Gasteiger partial charge on any atom is 0.416 e. The first-order valence-corrected chi connectivity index (χ1v) is 5.34. The van der Waals surface area contributed by atoms with Crippen molar-refractivity contribution < 1.29 is 23.1 Å². The van der Waals surface area contributed by atoms with Crippen molar-refractivity contribution in [2.45, 2.75) is 18.6 Å². The van der Waals surface area contributed by atoms with Crippen molar-refractivity contribution in [2.24, 2.45) is 5.73 Å². The van der Waals surface area contributed by atoms with Gasteiger partial charge in [0.25, 0.3) is 0 Å². The zero-order valence-electron chi connectivity index (χ0n) is 8.87. The lowest BCUT2D eigenvalue weighted by molar-refractivity contribution is -0.138. The first-order chi connectivity index (χ1) is 7.70. The zero-order chi connectivity index (χ0) is 13.2. The van der Waals surface area contributed by atoms with Crippen LogP contribution in [0.5, 0.6) is 0 Å². The van der Waals surface area contributed by atoms with Gasteiger partial charge in [-0.1, -0.05) is 15.9 Å². The lowest BCUT2D eigenvalue weighted by atomic mass is 10.0. The maximum atomic E-state index is 12.5. The molecule has 0 spiro atoms. The molecule has 0 aliphatic heterocycles. The third kappa shape index (κ3) is 4.83. The number of nitrogens with two attached hydrogens (primary N) is 1. The largest absolute Gasteiger partial charge is 0.481 e. The molecule has 3 nitrogen and oxygen atoms in total. The average molecular weight is 349 g/mol. The van der Waals surface area contributed by atoms with Crippen molar-refractivity contribution in [1.29, 1.82) is 0 Å². The summed E-state index contributed by atoms with van der Waals surface area (Å²) in [5, 5.41) is 8.53. The number of carboxylic acids is 1. The Morgan fingerprint density at radius 2 is 1.94 bits per heavy atom. The van der Waals surface area contributed by atoms with E-state index in [1.54, 1.807) is 0 Å². The molecule has 0 fully saturated rings. The Kier molecular flexibility index (Phi) is 6.12. The standard InChI is InChI=1S/C10H9BrF3NO2.ClH/c11-7-2-5(8(15)4-9(16)17)1-6(3-7)10(12,13)14;/h1-3,8H,4,15H2,(H,16,17);1H. The molecule has 0 radical (unpaired) electrons. The number of carbonyl (C=O) groups is 1. The first-order valence-electron chi connectivity index (χ1n) is 4.55. The fourth-order valence-electron chi connectivity index (χ4n) is 1.30. The molecule has 0 amide bonds. The van der Waals surface area contributed by atoms with Crippen LogP contribution in [-0.2, 0) is 11.0 Å². The van der Waals surface area contributed by atoms with Gasteiger partial charge in [-0.05, 0) is 23.8 Å². The molecule has 8 heteroatoms. The van der Waals surface area contributed by atoms with Crippen molar-refractivity contribution in [1.82, 2.24) is 0 Å². The third-order valence-corrected chi connectivity index (χ3v) is 2.53. The number of hydrogen-bond acceptors (Lipinski definition) is 2. The minimum absolute atomic E-state index is 0. The van der Waals surface area contributed by atoms with Gasteiger partial charge in [-0.25, -0.2) is 0 Å². The van der Waals surface area contributed by atoms with Crippen LogP contribution in [0.2, 0.25) is 0 Å². The van der Waals surface area contributed by atoms with Crippen LogP contribution in [0.25, 0.3) is 0 Å². The van der Waals surface area contributed by atoms with Gasteiger partial charge in [-0.15, -0.1) is 12.4 Å². The van der Waals surface area contributed by atoms with Crippen LogP contribution in [0.4, 0.5) is 13.2 Å². The van der Waals surface area contributed by atoms with Crippen LogP contribution in [-0.4, -0.2) is 11.1 Å². The van der Waals surface area contributed by atoms with Crippen molar-refractivity contribution in [2.75, 3.05) is 0 Å². The highest BCUT2D eigenvalue weighted by Gasteiger charge is 2.31. The highest BCUT2D eigenvalue weighted by Crippen LogP contribution is 2.33. The van der Waals surface area contributed by atoms with Gasteiger partial charge in [0.15, 0.2) is 0 Å². The molecule has 1 aromatic rings. The summed E-state index contributed by atoms with van der Waals surface area (Å²) in [7, 11) is 0. The summed E-state index contributed by atoms with van der Waals surface area (Å²) in [5.74, 6) is -1.16. The van der Waals surface area contributed by atoms with Crippen molar-refractivity contribution in [3.05, 3.63) is 33.8 Å². The molecular weight excluding hydrogens is 338 g/mol. The second kappa shape index (κ2) is 6.40. The Balaban J connectivity index is 0.00000289. The Labute approximate surface area is 116 Å². The monoisotopic (exact) mass is 347 g/mol. The molecule has 0 bridgehead atoms. The van der Waals surface area contributed by atoms with Crippen molar-refractivity contribution in [3.8, 4) is 0 Å². The number of rotatable bonds is 3. The maximum absolute atomic E-state index is 12.5. The lowest BCUT2D eigenvalue weighted by Gasteiger charge is -2.13. The van der Waals surface area contributed by atoms with E-state index in [0.717, 1.165) is 12.1 Å². The van der Waals surface area contributed by atoms with Gasteiger partial charge in [-0.3, -0.25) is 4.79 Å². The van der Waals surface area contributed by atoms with Gasteiger partial charge in [-0.2, -0.15) is 13.2 Å². The van der Waals surface area contributed by atoms with E-state index in [-0.39, 0.29) is 22.4 Å². The van der Waals surface area contributed by atoms with E-state index in [0.29, 0.717) is 0 Å². The van der Waals surface area contributed by atoms with Crippen LogP contribution in [0.1, 0.15) is 23.6 Å². The number of aliphatic carboxylic acids is 1. The number of carboxylic acid groups (broad SMARTS) is 1. The van der Waals surface area contributed by atoms with Gasteiger partial charge < -0.3 is 10.8 Å². The molecule has 1 aromatic carbocycles. The minimum atomic E-state index is -4.48. The van der Waals surface area contributed by atoms with Gasteiger partial charge >= 0.3 is 12.1 Å². The molecule has 0 saturated carbocycles. The summed E-state index contributed by atoms with van der Waals surface area (Å²) in [6, 6.07) is 2.18. The van der Waals surface area contributed by atoms with Gasteiger partial charge in [0.05, 0.1) is 12.0 Å². The van der Waals surface area contributed by atoms with E-state index >= 15 is 0 Å². The summed E-state index contributed by atoms with van der Waals surface area (Å²) in [4.78, 5) is 10.4. The molecule has 0 aromatic heterocycles. The molecule has 1 unspecified atom stereocenters. The normalized spacial score (nSPS) is 12.7. The van der Waals surface area contributed by atoms with Gasteiger partial charge in [0, 0.05) is 10.5 Å². The van der Waals surface area contributed by atoms with E-state index in [1.807, 2.05) is 0 Å². The molecule has 0 heterocycles. The average Bonchev–Trinajstić information content (AvgIpc) is 2.14. The van der Waals surface area contributed by atoms with Crippen LogP contribution in [0.15, 0.2) is 22.7 Å². The van der Waals surface area contributed by atoms with E-state index in [1.165, 1.54) is 6.07 Å². The molecule has 0 saturated heterocycles. The Morgan fingerprint density at radius 1 is 1.39 bits per heavy atom. The van der Waals surface area contributed by atoms with Gasteiger partial charge in [0.2, 0.25) is 0 Å². The Hall–Kier alpha value is -0.790. The predicted octanol–water partition coefficient (Wildman–Crippen LogP) is 3.36. The molecule has 0 aliphatic carbocycles. The summed E-state index contributed by atoms with van der Waals surface area (Å²) in [6.07, 6.45) is -4.91. The Morgan fingerprint density at radius 3 is 2.39 bits per heavy atom. The summed E-state index contributed by atoms with van der Waals surface area (Å²) >= 11 is 2.94. The first kappa shape index (κ1) is 17.2. The Bertz CT molecular complexity index is 440. The number of benzene rings is 1. The number of halogens is 5. The molecule has 0 aliphatic rings. The number of hydrogen-bond donors (Lipinski definition) is 2. The van der Waals surface area contributed by atoms with Crippen LogP contribution in [0.3, 0.4) is 0 Å². The SMILES string of the molecule is Cl.NC(CC(=O)O)c1cc(Br)cc(C(F)(F)F)c1. The minimum Gasteiger partial charge on any atom is -0.481 e. The lowest BCUT2D eigenvalue weighted by Crippen LogP contribution is -2.16. The van der Waals surface area contributed by atoms with E-state index < -0.39 is 30.2 Å². The van der Waals surface area contributed by atoms with E-state index in [4.69, 9.17) is 10.8 Å². The van der Waals surface area contributed by atoms with Crippen molar-refractivity contribution >= 4 is 34.3 Å².